The first kappa shape index (κ1) is 19.5. The minimum absolute atomic E-state index is 0.00698. The number of likely N-dealkylation sites (tertiary alicyclic amines) is 1. The van der Waals surface area contributed by atoms with Crippen LogP contribution < -0.4 is 11.1 Å². The Morgan fingerprint density at radius 3 is 2.41 bits per heavy atom. The number of rotatable bonds is 5. The normalized spacial score (nSPS) is 16.0. The first-order chi connectivity index (χ1) is 13.0. The zero-order chi connectivity index (χ0) is 19.2. The van der Waals surface area contributed by atoms with Crippen molar-refractivity contribution < 1.29 is 9.59 Å². The summed E-state index contributed by atoms with van der Waals surface area (Å²) in [5, 5.41) is 2.90. The van der Waals surface area contributed by atoms with Crippen LogP contribution in [-0.2, 0) is 16.0 Å². The molecule has 6 nitrogen and oxygen atoms in total. The van der Waals surface area contributed by atoms with Gasteiger partial charge in [0, 0.05) is 41.6 Å². The maximum atomic E-state index is 12.6. The number of hydrogen-bond donors (Lipinski definition) is 2. The standard InChI is InChI=1S/C20H23BrN4O2/c21-16-3-1-14(2-4-16)13-18(22)20(27)25-11-7-15(8-12-25)19(26)24-17-5-9-23-10-6-17/h1-6,9-10,15,18H,7-8,11-13,22H2,(H,23,24,26)/t18-/m0/s1. The number of pyridine rings is 1. The quantitative estimate of drug-likeness (QED) is 0.762. The van der Waals surface area contributed by atoms with Crippen molar-refractivity contribution in [3.63, 3.8) is 0 Å². The number of piperidine rings is 1. The van der Waals surface area contributed by atoms with E-state index in [0.717, 1.165) is 15.7 Å². The lowest BCUT2D eigenvalue weighted by molar-refractivity contribution is -0.135. The molecule has 0 spiro atoms. The Morgan fingerprint density at radius 1 is 1.15 bits per heavy atom. The molecule has 1 atom stereocenters. The Labute approximate surface area is 167 Å². The molecule has 0 radical (unpaired) electrons. The average molecular weight is 431 g/mol. The number of amides is 2. The molecule has 1 aromatic heterocycles. The molecule has 1 aromatic carbocycles. The number of carbonyl (C=O) groups excluding carboxylic acids is 2. The fraction of sp³-hybridized carbons (Fsp3) is 0.350. The van der Waals surface area contributed by atoms with Gasteiger partial charge in [0.05, 0.1) is 6.04 Å². The zero-order valence-electron chi connectivity index (χ0n) is 15.0. The summed E-state index contributed by atoms with van der Waals surface area (Å²) >= 11 is 3.40. The second-order valence-electron chi connectivity index (χ2n) is 6.76. The van der Waals surface area contributed by atoms with Gasteiger partial charge in [0.2, 0.25) is 11.8 Å². The van der Waals surface area contributed by atoms with Crippen LogP contribution in [0.15, 0.2) is 53.3 Å². The van der Waals surface area contributed by atoms with Gasteiger partial charge in [0.25, 0.3) is 0 Å². The van der Waals surface area contributed by atoms with Crippen LogP contribution >= 0.6 is 15.9 Å². The van der Waals surface area contributed by atoms with Crippen LogP contribution in [0, 0.1) is 5.92 Å². The summed E-state index contributed by atoms with van der Waals surface area (Å²) in [7, 11) is 0. The van der Waals surface area contributed by atoms with Crippen LogP contribution in [-0.4, -0.2) is 40.8 Å². The van der Waals surface area contributed by atoms with Crippen LogP contribution in [0.25, 0.3) is 0 Å². The molecule has 1 fully saturated rings. The average Bonchev–Trinajstić information content (AvgIpc) is 2.70. The third-order valence-corrected chi connectivity index (χ3v) is 5.34. The van der Waals surface area contributed by atoms with E-state index in [1.165, 1.54) is 0 Å². The molecule has 2 aromatic rings. The van der Waals surface area contributed by atoms with E-state index in [1.54, 1.807) is 29.4 Å². The highest BCUT2D eigenvalue weighted by molar-refractivity contribution is 9.10. The number of nitrogens with one attached hydrogen (secondary N) is 1. The lowest BCUT2D eigenvalue weighted by Gasteiger charge is -2.33. The summed E-state index contributed by atoms with van der Waals surface area (Å²) in [6, 6.07) is 10.8. The van der Waals surface area contributed by atoms with Gasteiger partial charge in [-0.25, -0.2) is 0 Å². The fourth-order valence-corrected chi connectivity index (χ4v) is 3.50. The van der Waals surface area contributed by atoms with Gasteiger partial charge in [-0.1, -0.05) is 28.1 Å². The number of hydrogen-bond acceptors (Lipinski definition) is 4. The molecule has 2 heterocycles. The first-order valence-electron chi connectivity index (χ1n) is 9.02. The van der Waals surface area contributed by atoms with Gasteiger partial charge in [-0.05, 0) is 49.1 Å². The van der Waals surface area contributed by atoms with E-state index < -0.39 is 6.04 Å². The van der Waals surface area contributed by atoms with Crippen molar-refractivity contribution in [2.24, 2.45) is 11.7 Å². The van der Waals surface area contributed by atoms with Crippen molar-refractivity contribution in [3.05, 3.63) is 58.8 Å². The summed E-state index contributed by atoms with van der Waals surface area (Å²) in [6.07, 6.45) is 5.09. The van der Waals surface area contributed by atoms with E-state index >= 15 is 0 Å². The van der Waals surface area contributed by atoms with Gasteiger partial charge >= 0.3 is 0 Å². The number of halogens is 1. The van der Waals surface area contributed by atoms with Gasteiger partial charge in [0.15, 0.2) is 0 Å². The number of anilines is 1. The van der Waals surface area contributed by atoms with Gasteiger partial charge in [0.1, 0.15) is 0 Å². The molecular weight excluding hydrogens is 408 g/mol. The van der Waals surface area contributed by atoms with E-state index in [1.807, 2.05) is 24.3 Å². The summed E-state index contributed by atoms with van der Waals surface area (Å²) in [5.74, 6) is -0.150. The van der Waals surface area contributed by atoms with Crippen molar-refractivity contribution >= 4 is 33.4 Å². The van der Waals surface area contributed by atoms with Gasteiger partial charge < -0.3 is 16.0 Å². The Bertz CT molecular complexity index is 774. The topological polar surface area (TPSA) is 88.3 Å². The second-order valence-corrected chi connectivity index (χ2v) is 7.68. The second kappa shape index (κ2) is 9.10. The highest BCUT2D eigenvalue weighted by Crippen LogP contribution is 2.20. The minimum atomic E-state index is -0.562. The molecule has 1 aliphatic heterocycles. The molecule has 0 unspecified atom stereocenters. The van der Waals surface area contributed by atoms with Crippen LogP contribution in [0.2, 0.25) is 0 Å². The zero-order valence-corrected chi connectivity index (χ0v) is 16.6. The summed E-state index contributed by atoms with van der Waals surface area (Å²) < 4.78 is 0.998. The van der Waals surface area contributed by atoms with Crippen LogP contribution in [0.1, 0.15) is 18.4 Å². The first-order valence-corrected chi connectivity index (χ1v) is 9.82. The molecule has 2 amide bonds. The SMILES string of the molecule is N[C@@H](Cc1ccc(Br)cc1)C(=O)N1CCC(C(=O)Nc2ccncc2)CC1. The monoisotopic (exact) mass is 430 g/mol. The predicted molar refractivity (Wildman–Crippen MR) is 108 cm³/mol. The smallest absolute Gasteiger partial charge is 0.239 e. The predicted octanol–water partition coefficient (Wildman–Crippen LogP) is 2.59. The Kier molecular flexibility index (Phi) is 6.58. The van der Waals surface area contributed by atoms with Crippen molar-refractivity contribution in [2.45, 2.75) is 25.3 Å². The fourth-order valence-electron chi connectivity index (χ4n) is 3.24. The third kappa shape index (κ3) is 5.37. The van der Waals surface area contributed by atoms with E-state index in [4.69, 9.17) is 5.73 Å². The molecule has 0 bridgehead atoms. The van der Waals surface area contributed by atoms with E-state index in [0.29, 0.717) is 32.4 Å². The number of carbonyl (C=O) groups is 2. The minimum Gasteiger partial charge on any atom is -0.341 e. The lowest BCUT2D eigenvalue weighted by atomic mass is 9.95. The van der Waals surface area contributed by atoms with E-state index in [-0.39, 0.29) is 17.7 Å². The van der Waals surface area contributed by atoms with Gasteiger partial charge in [-0.15, -0.1) is 0 Å². The highest BCUT2D eigenvalue weighted by atomic mass is 79.9. The van der Waals surface area contributed by atoms with Crippen molar-refractivity contribution in [3.8, 4) is 0 Å². The van der Waals surface area contributed by atoms with E-state index in [9.17, 15) is 9.59 Å². The largest absolute Gasteiger partial charge is 0.341 e. The third-order valence-electron chi connectivity index (χ3n) is 4.81. The number of nitrogens with two attached hydrogens (primary N) is 1. The van der Waals surface area contributed by atoms with Crippen LogP contribution in [0.4, 0.5) is 5.69 Å². The number of aromatic nitrogens is 1. The maximum Gasteiger partial charge on any atom is 0.239 e. The molecule has 1 saturated heterocycles. The number of benzene rings is 1. The van der Waals surface area contributed by atoms with Crippen molar-refractivity contribution in [1.82, 2.24) is 9.88 Å². The van der Waals surface area contributed by atoms with Crippen molar-refractivity contribution in [2.75, 3.05) is 18.4 Å². The van der Waals surface area contributed by atoms with Crippen molar-refractivity contribution in [1.29, 1.82) is 0 Å². The molecule has 3 N–H and O–H groups in total. The number of nitrogens with zero attached hydrogens (tertiary/aromatic N) is 2. The Morgan fingerprint density at radius 2 is 1.78 bits per heavy atom. The Hall–Kier alpha value is -2.25. The van der Waals surface area contributed by atoms with Gasteiger partial charge in [-0.3, -0.25) is 14.6 Å². The molecule has 1 aliphatic rings. The molecule has 3 rings (SSSR count). The molecular formula is C20H23BrN4O2. The Balaban J connectivity index is 1.48. The summed E-state index contributed by atoms with van der Waals surface area (Å²) in [6.45, 7) is 1.11. The molecule has 142 valence electrons. The lowest BCUT2D eigenvalue weighted by Crippen LogP contribution is -2.49. The summed E-state index contributed by atoms with van der Waals surface area (Å²) in [5.41, 5.74) is 7.90. The summed E-state index contributed by atoms with van der Waals surface area (Å²) in [4.78, 5) is 30.7. The molecule has 7 heteroatoms. The highest BCUT2D eigenvalue weighted by Gasteiger charge is 2.29. The molecule has 0 saturated carbocycles. The molecule has 27 heavy (non-hydrogen) atoms. The van der Waals surface area contributed by atoms with Crippen LogP contribution in [0.5, 0.6) is 0 Å². The van der Waals surface area contributed by atoms with Crippen LogP contribution in [0.3, 0.4) is 0 Å². The molecule has 0 aliphatic carbocycles. The van der Waals surface area contributed by atoms with E-state index in [2.05, 4.69) is 26.2 Å². The maximum absolute atomic E-state index is 12.6. The van der Waals surface area contributed by atoms with Gasteiger partial charge in [-0.2, -0.15) is 0 Å².